The van der Waals surface area contributed by atoms with Crippen molar-refractivity contribution >= 4 is 46.4 Å². The van der Waals surface area contributed by atoms with E-state index in [0.717, 1.165) is 5.30 Å². The summed E-state index contributed by atoms with van der Waals surface area (Å²) in [6.07, 6.45) is 0. The summed E-state index contributed by atoms with van der Waals surface area (Å²) in [4.78, 5) is 0. The first-order chi connectivity index (χ1) is 10.3. The van der Waals surface area contributed by atoms with E-state index in [1.807, 2.05) is 71.1 Å². The molecule has 0 radical (unpaired) electrons. The Morgan fingerprint density at radius 3 is 1.67 bits per heavy atom. The summed E-state index contributed by atoms with van der Waals surface area (Å²) in [7, 11) is -0.718. The molecule has 0 aromatic heterocycles. The lowest BCUT2D eigenvalue weighted by Crippen LogP contribution is -2.20. The molecular weight excluding hydrogens is 393 g/mol. The molecule has 104 valence electrons. The van der Waals surface area contributed by atoms with Crippen LogP contribution in [0.4, 0.5) is 4.39 Å². The zero-order valence-corrected chi connectivity index (χ0v) is 14.3. The minimum Gasteiger partial charge on any atom is -0.206 e. The molecule has 3 rings (SSSR count). The van der Waals surface area contributed by atoms with E-state index in [4.69, 9.17) is 0 Å². The second-order valence-corrected chi connectivity index (χ2v) is 7.99. The van der Waals surface area contributed by atoms with Crippen LogP contribution in [0.25, 0.3) is 0 Å². The normalized spacial score (nSPS) is 10.8. The number of rotatable bonds is 3. The molecule has 3 aromatic rings. The Morgan fingerprint density at radius 1 is 0.667 bits per heavy atom. The van der Waals surface area contributed by atoms with Gasteiger partial charge in [0.2, 0.25) is 0 Å². The van der Waals surface area contributed by atoms with Crippen LogP contribution in [0.15, 0.2) is 78.9 Å². The molecule has 0 saturated carbocycles. The van der Waals surface area contributed by atoms with Gasteiger partial charge in [-0.1, -0.05) is 66.7 Å². The molecule has 0 unspecified atom stereocenters. The molecule has 0 amide bonds. The van der Waals surface area contributed by atoms with Crippen molar-refractivity contribution in [1.29, 1.82) is 0 Å². The summed E-state index contributed by atoms with van der Waals surface area (Å²) in [5.41, 5.74) is 0. The highest BCUT2D eigenvalue weighted by Gasteiger charge is 2.17. The lowest BCUT2D eigenvalue weighted by molar-refractivity contribution is 0.621. The van der Waals surface area contributed by atoms with E-state index in [-0.39, 0.29) is 5.82 Å². The Bertz CT molecular complexity index is 689. The number of hydrogen-bond acceptors (Lipinski definition) is 0. The number of benzene rings is 3. The smallest absolute Gasteiger partial charge is 0.137 e. The van der Waals surface area contributed by atoms with E-state index in [9.17, 15) is 4.39 Å². The maximum atomic E-state index is 14.0. The minimum absolute atomic E-state index is 0.146. The van der Waals surface area contributed by atoms with Gasteiger partial charge >= 0.3 is 0 Å². The van der Waals surface area contributed by atoms with Crippen molar-refractivity contribution in [3.8, 4) is 0 Å². The molecule has 3 heteroatoms. The third-order valence-corrected chi connectivity index (χ3v) is 6.49. The molecule has 0 atom stereocenters. The van der Waals surface area contributed by atoms with Crippen LogP contribution in [0.1, 0.15) is 0 Å². The average molecular weight is 406 g/mol. The van der Waals surface area contributed by atoms with E-state index in [2.05, 4.69) is 24.3 Å². The Morgan fingerprint density at radius 2 is 1.19 bits per heavy atom. The fourth-order valence-electron chi connectivity index (χ4n) is 2.23. The average Bonchev–Trinajstić information content (AvgIpc) is 2.53. The van der Waals surface area contributed by atoms with Gasteiger partial charge in [0.15, 0.2) is 0 Å². The summed E-state index contributed by atoms with van der Waals surface area (Å²) in [6.45, 7) is 0. The van der Waals surface area contributed by atoms with Crippen LogP contribution in [0, 0.1) is 9.39 Å². The molecule has 0 aliphatic rings. The van der Waals surface area contributed by atoms with E-state index in [1.54, 1.807) is 6.07 Å². The first-order valence-electron chi connectivity index (χ1n) is 6.61. The van der Waals surface area contributed by atoms with Crippen molar-refractivity contribution in [2.75, 3.05) is 0 Å². The quantitative estimate of drug-likeness (QED) is 0.452. The highest BCUT2D eigenvalue weighted by molar-refractivity contribution is 14.1. The molecule has 21 heavy (non-hydrogen) atoms. The maximum Gasteiger partial charge on any atom is 0.137 e. The summed E-state index contributed by atoms with van der Waals surface area (Å²) in [5.74, 6) is -0.146. The van der Waals surface area contributed by atoms with Crippen molar-refractivity contribution < 1.29 is 4.39 Å². The molecule has 0 N–H and O–H groups in total. The molecule has 3 aromatic carbocycles. The molecule has 0 bridgehead atoms. The van der Waals surface area contributed by atoms with E-state index in [0.29, 0.717) is 3.57 Å². The third kappa shape index (κ3) is 3.33. The van der Waals surface area contributed by atoms with Gasteiger partial charge in [0.05, 0.1) is 0 Å². The Labute approximate surface area is 138 Å². The molecule has 0 saturated heterocycles. The van der Waals surface area contributed by atoms with Gasteiger partial charge in [-0.25, -0.2) is 4.39 Å². The van der Waals surface area contributed by atoms with Gasteiger partial charge in [-0.2, -0.15) is 0 Å². The van der Waals surface area contributed by atoms with Crippen LogP contribution in [0.2, 0.25) is 0 Å². The SMILES string of the molecule is Fc1cc(P(c2ccccc2)c2ccccc2)ccc1I. The number of halogens is 2. The molecule has 0 spiro atoms. The molecule has 0 heterocycles. The van der Waals surface area contributed by atoms with Crippen molar-refractivity contribution in [3.63, 3.8) is 0 Å². The fourth-order valence-corrected chi connectivity index (χ4v) is 4.86. The van der Waals surface area contributed by atoms with Gasteiger partial charge in [-0.05, 0) is 58.6 Å². The Hall–Kier alpha value is -1.25. The summed E-state index contributed by atoms with van der Waals surface area (Å²) in [5, 5.41) is 3.51. The van der Waals surface area contributed by atoms with Crippen molar-refractivity contribution in [2.24, 2.45) is 0 Å². The lowest BCUT2D eigenvalue weighted by Gasteiger charge is -2.19. The molecule has 0 nitrogen and oxygen atoms in total. The first-order valence-corrected chi connectivity index (χ1v) is 9.03. The summed E-state index contributed by atoms with van der Waals surface area (Å²) < 4.78 is 14.6. The molecule has 0 fully saturated rings. The van der Waals surface area contributed by atoms with Crippen LogP contribution in [0.5, 0.6) is 0 Å². The largest absolute Gasteiger partial charge is 0.206 e. The van der Waals surface area contributed by atoms with Gasteiger partial charge in [-0.15, -0.1) is 0 Å². The second kappa shape index (κ2) is 6.67. The van der Waals surface area contributed by atoms with Crippen molar-refractivity contribution in [2.45, 2.75) is 0 Å². The minimum atomic E-state index is -0.718. The summed E-state index contributed by atoms with van der Waals surface area (Å²) >= 11 is 2.03. The highest BCUT2D eigenvalue weighted by Crippen LogP contribution is 2.33. The monoisotopic (exact) mass is 406 g/mol. The van der Waals surface area contributed by atoms with E-state index >= 15 is 0 Å². The zero-order chi connectivity index (χ0) is 14.7. The highest BCUT2D eigenvalue weighted by atomic mass is 127. The topological polar surface area (TPSA) is 0 Å². The van der Waals surface area contributed by atoms with Gasteiger partial charge in [-0.3, -0.25) is 0 Å². The van der Waals surface area contributed by atoms with Crippen LogP contribution in [-0.4, -0.2) is 0 Å². The lowest BCUT2D eigenvalue weighted by atomic mass is 10.3. The van der Waals surface area contributed by atoms with Crippen LogP contribution in [0.3, 0.4) is 0 Å². The van der Waals surface area contributed by atoms with Gasteiger partial charge in [0.1, 0.15) is 5.82 Å². The van der Waals surface area contributed by atoms with Crippen LogP contribution >= 0.6 is 30.5 Å². The molecular formula is C18H13FIP. The first kappa shape index (κ1) is 14.7. The molecule has 0 aliphatic heterocycles. The summed E-state index contributed by atoms with van der Waals surface area (Å²) in [6, 6.07) is 26.2. The van der Waals surface area contributed by atoms with E-state index in [1.165, 1.54) is 10.6 Å². The zero-order valence-electron chi connectivity index (χ0n) is 11.2. The van der Waals surface area contributed by atoms with Gasteiger partial charge in [0, 0.05) is 3.57 Å². The second-order valence-electron chi connectivity index (χ2n) is 4.60. The van der Waals surface area contributed by atoms with Gasteiger partial charge in [0.25, 0.3) is 0 Å². The predicted octanol–water partition coefficient (Wildman–Crippen LogP) is 4.19. The predicted molar refractivity (Wildman–Crippen MR) is 97.8 cm³/mol. The van der Waals surface area contributed by atoms with Crippen molar-refractivity contribution in [1.82, 2.24) is 0 Å². The molecule has 0 aliphatic carbocycles. The maximum absolute atomic E-state index is 14.0. The Kier molecular flexibility index (Phi) is 4.67. The number of hydrogen-bond donors (Lipinski definition) is 0. The van der Waals surface area contributed by atoms with Crippen molar-refractivity contribution in [3.05, 3.63) is 88.3 Å². The van der Waals surface area contributed by atoms with Crippen LogP contribution in [-0.2, 0) is 0 Å². The standard InChI is InChI=1S/C18H13FIP/c19-17-13-16(11-12-18(17)20)21(14-7-3-1-4-8-14)15-9-5-2-6-10-15/h1-13H. The van der Waals surface area contributed by atoms with Crippen LogP contribution < -0.4 is 15.9 Å². The fraction of sp³-hybridized carbons (Fsp3) is 0. The third-order valence-electron chi connectivity index (χ3n) is 3.19. The van der Waals surface area contributed by atoms with Gasteiger partial charge < -0.3 is 0 Å². The van der Waals surface area contributed by atoms with E-state index < -0.39 is 7.92 Å². The Balaban J connectivity index is 2.14.